The zero-order valence-electron chi connectivity index (χ0n) is 42.2. The van der Waals surface area contributed by atoms with E-state index in [1.54, 1.807) is 39.8 Å². The number of esters is 2. The monoisotopic (exact) mass is 972 g/mol. The molecule has 16 nitrogen and oxygen atoms in total. The number of Topliss-reactive ketones (excluding diaryl/α,β-unsaturated/α-hetero) is 3. The molecule has 2 saturated heterocycles. The van der Waals surface area contributed by atoms with Crippen molar-refractivity contribution in [1.82, 2.24) is 4.90 Å². The average Bonchev–Trinajstić information content (AvgIpc) is 3.34. The first kappa shape index (κ1) is 57.7. The van der Waals surface area contributed by atoms with Crippen molar-refractivity contribution in [2.24, 2.45) is 35.0 Å². The number of carbonyl (C=O) groups is 6. The van der Waals surface area contributed by atoms with E-state index in [0.29, 0.717) is 69.8 Å². The van der Waals surface area contributed by atoms with Gasteiger partial charge in [0.05, 0.1) is 37.6 Å². The van der Waals surface area contributed by atoms with Crippen molar-refractivity contribution in [1.29, 1.82) is 0 Å². The summed E-state index contributed by atoms with van der Waals surface area (Å²) in [7, 11) is 1.50. The van der Waals surface area contributed by atoms with Gasteiger partial charge in [0.25, 0.3) is 11.7 Å². The lowest BCUT2D eigenvalue weighted by atomic mass is 9.78. The standard InChI is InChI=1S/C53H81NO15/c1-32-14-10-9-11-15-34(3)47(60)37(6)43(59)29-42(58)33(2)18-21-39(57)28-45(35(4)26-38-20-24-44(46(27-38)66-8)68-51(64)52(7,30-55)31-56)67-50(63)41-16-12-13-25-54(41)49(62)48(61)53(65)36(5)19-23-40(69-53)22-17-32/h9-11,14-15,18,34-38,40-42,44-47,55-56,58,60,65H,12-13,16-17,19-31H2,1-8H3/b10-9+,15-11+,32-14+,33-18+/t34-,35-,36-,37+,38+,40?,41?,42?,44-,45+,46-,47?,53-/m1/s1. The van der Waals surface area contributed by atoms with E-state index in [4.69, 9.17) is 18.9 Å². The Morgan fingerprint density at radius 3 is 2.32 bits per heavy atom. The maximum Gasteiger partial charge on any atom is 0.329 e. The molecule has 13 atom stereocenters. The molecule has 4 aliphatic rings. The van der Waals surface area contributed by atoms with E-state index in [1.807, 2.05) is 32.1 Å². The molecule has 0 spiro atoms. The molecule has 0 radical (unpaired) electrons. The van der Waals surface area contributed by atoms with Crippen LogP contribution in [-0.4, -0.2) is 141 Å². The Morgan fingerprint density at radius 2 is 1.64 bits per heavy atom. The van der Waals surface area contributed by atoms with Crippen LogP contribution in [0.25, 0.3) is 0 Å². The van der Waals surface area contributed by atoms with Crippen LogP contribution in [-0.2, 0) is 47.7 Å². The molecule has 1 saturated carbocycles. The lowest BCUT2D eigenvalue weighted by Crippen LogP contribution is -2.60. The fourth-order valence-corrected chi connectivity index (χ4v) is 9.76. The number of nitrogens with zero attached hydrogens (tertiary/aromatic N) is 1. The van der Waals surface area contributed by atoms with Crippen LogP contribution in [0.4, 0.5) is 0 Å². The zero-order valence-corrected chi connectivity index (χ0v) is 42.2. The highest BCUT2D eigenvalue weighted by atomic mass is 16.6. The van der Waals surface area contributed by atoms with Crippen LogP contribution in [0.5, 0.6) is 0 Å². The van der Waals surface area contributed by atoms with Gasteiger partial charge in [-0.2, -0.15) is 0 Å². The third-order valence-electron chi connectivity index (χ3n) is 15.1. The van der Waals surface area contributed by atoms with Gasteiger partial charge in [-0.3, -0.25) is 24.0 Å². The van der Waals surface area contributed by atoms with E-state index in [-0.39, 0.29) is 55.6 Å². The molecule has 16 heteroatoms. The van der Waals surface area contributed by atoms with Crippen molar-refractivity contribution in [3.05, 3.63) is 47.6 Å². The quantitative estimate of drug-likeness (QED) is 0.119. The molecule has 0 aromatic rings. The number of ether oxygens (including phenoxy) is 4. The minimum atomic E-state index is -2.41. The predicted molar refractivity (Wildman–Crippen MR) is 256 cm³/mol. The second kappa shape index (κ2) is 26.5. The van der Waals surface area contributed by atoms with Crippen LogP contribution in [0.1, 0.15) is 138 Å². The molecule has 3 heterocycles. The third kappa shape index (κ3) is 15.5. The minimum Gasteiger partial charge on any atom is -0.460 e. The van der Waals surface area contributed by atoms with Crippen molar-refractivity contribution in [3.63, 3.8) is 0 Å². The number of ketones is 3. The largest absolute Gasteiger partial charge is 0.460 e. The molecule has 1 amide bonds. The Hall–Kier alpha value is -3.90. The summed E-state index contributed by atoms with van der Waals surface area (Å²) in [6.07, 6.45) is 10.4. The highest BCUT2D eigenvalue weighted by Gasteiger charge is 2.53. The molecule has 4 unspecified atom stereocenters. The van der Waals surface area contributed by atoms with Crippen molar-refractivity contribution >= 4 is 35.2 Å². The molecule has 1 aliphatic carbocycles. The van der Waals surface area contributed by atoms with Crippen LogP contribution in [0.3, 0.4) is 0 Å². The molecule has 5 N–H and O–H groups in total. The van der Waals surface area contributed by atoms with Gasteiger partial charge in [0, 0.05) is 50.7 Å². The normalized spacial score (nSPS) is 36.7. The van der Waals surface area contributed by atoms with Gasteiger partial charge in [-0.15, -0.1) is 0 Å². The van der Waals surface area contributed by atoms with Crippen LogP contribution in [0.15, 0.2) is 47.6 Å². The van der Waals surface area contributed by atoms with E-state index >= 15 is 0 Å². The third-order valence-corrected chi connectivity index (χ3v) is 15.1. The highest BCUT2D eigenvalue weighted by molar-refractivity contribution is 6.39. The van der Waals surface area contributed by atoms with Crippen LogP contribution in [0, 0.1) is 35.0 Å². The average molecular weight is 972 g/mol. The predicted octanol–water partition coefficient (Wildman–Crippen LogP) is 5.20. The molecule has 2 bridgehead atoms. The van der Waals surface area contributed by atoms with Gasteiger partial charge in [0.1, 0.15) is 35.2 Å². The summed E-state index contributed by atoms with van der Waals surface area (Å²) in [5.41, 5.74) is -0.0884. The maximum atomic E-state index is 14.4. The Kier molecular flexibility index (Phi) is 22.2. The topological polar surface area (TPSA) is 244 Å². The molecular formula is C53H81NO15. The van der Waals surface area contributed by atoms with Crippen molar-refractivity contribution in [2.45, 2.75) is 187 Å². The summed E-state index contributed by atoms with van der Waals surface area (Å²) < 4.78 is 23.8. The summed E-state index contributed by atoms with van der Waals surface area (Å²) >= 11 is 0. The summed E-state index contributed by atoms with van der Waals surface area (Å²) in [6.45, 7) is 10.8. The van der Waals surface area contributed by atoms with E-state index in [9.17, 15) is 54.3 Å². The van der Waals surface area contributed by atoms with Crippen LogP contribution >= 0.6 is 0 Å². The van der Waals surface area contributed by atoms with Crippen molar-refractivity contribution in [2.75, 3.05) is 26.9 Å². The number of hydrogen-bond acceptors (Lipinski definition) is 15. The molecule has 3 aliphatic heterocycles. The number of methoxy groups -OCH3 is 1. The Balaban J connectivity index is 1.62. The van der Waals surface area contributed by atoms with E-state index in [2.05, 4.69) is 0 Å². The zero-order chi connectivity index (χ0) is 51.2. The van der Waals surface area contributed by atoms with E-state index < -0.39 is 108 Å². The fraction of sp³-hybridized carbons (Fsp3) is 0.736. The second-order valence-corrected chi connectivity index (χ2v) is 20.8. The highest BCUT2D eigenvalue weighted by Crippen LogP contribution is 2.38. The molecule has 388 valence electrons. The number of amides is 1. The smallest absolute Gasteiger partial charge is 0.329 e. The van der Waals surface area contributed by atoms with Crippen molar-refractivity contribution < 1.29 is 73.2 Å². The van der Waals surface area contributed by atoms with Gasteiger partial charge in [-0.1, -0.05) is 69.7 Å². The van der Waals surface area contributed by atoms with Gasteiger partial charge in [0.15, 0.2) is 0 Å². The number of aliphatic hydroxyl groups excluding tert-OH is 4. The minimum absolute atomic E-state index is 0.0238. The Morgan fingerprint density at radius 1 is 0.928 bits per heavy atom. The number of aliphatic hydroxyl groups is 5. The van der Waals surface area contributed by atoms with Crippen molar-refractivity contribution in [3.8, 4) is 0 Å². The number of fused-ring (bicyclic) bond motifs is 3. The number of carbonyl (C=O) groups excluding carboxylic acids is 6. The van der Waals surface area contributed by atoms with Gasteiger partial charge in [-0.25, -0.2) is 4.79 Å². The lowest BCUT2D eigenvalue weighted by molar-refractivity contribution is -0.263. The summed E-state index contributed by atoms with van der Waals surface area (Å²) in [5, 5.41) is 53.4. The van der Waals surface area contributed by atoms with Gasteiger partial charge < -0.3 is 49.4 Å². The van der Waals surface area contributed by atoms with Crippen LogP contribution in [0.2, 0.25) is 0 Å². The SMILES string of the molecule is CO[C@@H]1C[C@H](C[C@@H](C)[C@@H]2CC(=O)C/C=C(\C)C(O)CC(=O)[C@H](C)C(O)[C@H](C)/C=C/C=C/C=C(\C)CCC3CC[C@@H](C)[C@@](O)(O3)C(=O)C(=O)N3CCCCC3C(=O)O2)CC[C@H]1OC(=O)C(C)(CO)CO. The molecule has 3 fully saturated rings. The Labute approximate surface area is 408 Å². The fourth-order valence-electron chi connectivity index (χ4n) is 9.76. The van der Waals surface area contributed by atoms with Gasteiger partial charge >= 0.3 is 11.9 Å². The first-order valence-electron chi connectivity index (χ1n) is 25.1. The molecule has 0 aromatic carbocycles. The number of allylic oxidation sites excluding steroid dienone is 6. The summed E-state index contributed by atoms with van der Waals surface area (Å²) in [4.78, 5) is 83.8. The molecular weight excluding hydrogens is 891 g/mol. The number of piperidine rings is 1. The summed E-state index contributed by atoms with van der Waals surface area (Å²) in [6, 6.07) is -1.17. The van der Waals surface area contributed by atoms with E-state index in [0.717, 1.165) is 5.57 Å². The second-order valence-electron chi connectivity index (χ2n) is 20.8. The number of rotatable bonds is 8. The first-order chi connectivity index (χ1) is 32.6. The summed E-state index contributed by atoms with van der Waals surface area (Å²) in [5.74, 6) is -9.08. The van der Waals surface area contributed by atoms with E-state index in [1.165, 1.54) is 25.0 Å². The van der Waals surface area contributed by atoms with Gasteiger partial charge in [0.2, 0.25) is 5.79 Å². The number of hydrogen-bond donors (Lipinski definition) is 5. The number of cyclic esters (lactones) is 1. The van der Waals surface area contributed by atoms with Crippen LogP contribution < -0.4 is 0 Å². The molecule has 4 rings (SSSR count). The lowest BCUT2D eigenvalue weighted by Gasteiger charge is -2.42. The maximum absolute atomic E-state index is 14.4. The molecule has 69 heavy (non-hydrogen) atoms. The first-order valence-corrected chi connectivity index (χ1v) is 25.1. The van der Waals surface area contributed by atoms with Gasteiger partial charge in [-0.05, 0) is 109 Å². The molecule has 0 aromatic heterocycles. The Bertz CT molecular complexity index is 1900.